The van der Waals surface area contributed by atoms with Gasteiger partial charge in [0.1, 0.15) is 0 Å². The minimum absolute atomic E-state index is 0.877. The van der Waals surface area contributed by atoms with Gasteiger partial charge in [-0.3, -0.25) is 0 Å². The fourth-order valence-corrected chi connectivity index (χ4v) is 1.15. The Kier molecular flexibility index (Phi) is 3.26. The van der Waals surface area contributed by atoms with Crippen molar-refractivity contribution in [2.45, 2.75) is 19.8 Å². The molecule has 1 rings (SSSR count). The van der Waals surface area contributed by atoms with Gasteiger partial charge in [0, 0.05) is 0 Å². The first kappa shape index (κ1) is 8.71. The highest BCUT2D eigenvalue weighted by molar-refractivity contribution is 5.44. The van der Waals surface area contributed by atoms with Gasteiger partial charge in [0.2, 0.25) is 0 Å². The van der Waals surface area contributed by atoms with Gasteiger partial charge in [0.05, 0.1) is 5.69 Å². The zero-order valence-electron chi connectivity index (χ0n) is 7.20. The van der Waals surface area contributed by atoms with Crippen molar-refractivity contribution >= 4 is 5.69 Å². The van der Waals surface area contributed by atoms with E-state index in [0.717, 1.165) is 18.5 Å². The first-order valence-electron chi connectivity index (χ1n) is 4.07. The molecule has 0 aliphatic heterocycles. The first-order valence-corrected chi connectivity index (χ1v) is 4.07. The molecule has 0 radical (unpaired) electrons. The molecule has 0 bridgehead atoms. The molecule has 1 aromatic carbocycles. The molecule has 0 atom stereocenters. The van der Waals surface area contributed by atoms with Crippen LogP contribution in [0.4, 0.5) is 5.69 Å². The molecule has 0 heterocycles. The Morgan fingerprint density at radius 1 is 1.33 bits per heavy atom. The zero-order valence-corrected chi connectivity index (χ0v) is 7.20. The Bertz CT molecular complexity index is 268. The summed E-state index contributed by atoms with van der Waals surface area (Å²) in [4.78, 5) is 0. The van der Waals surface area contributed by atoms with Gasteiger partial charge in [-0.2, -0.15) is 0 Å². The largest absolute Gasteiger partial charge is 0.305 e. The van der Waals surface area contributed by atoms with E-state index in [-0.39, 0.29) is 0 Å². The molecule has 3 heteroatoms. The molecule has 0 amide bonds. The molecule has 0 fully saturated rings. The van der Waals surface area contributed by atoms with E-state index >= 15 is 0 Å². The summed E-state index contributed by atoms with van der Waals surface area (Å²) < 4.78 is 0. The highest BCUT2D eigenvalue weighted by Crippen LogP contribution is 2.19. The van der Waals surface area contributed by atoms with Crippen LogP contribution < -0.4 is 5.84 Å². The van der Waals surface area contributed by atoms with Crippen LogP contribution in [0.3, 0.4) is 0 Å². The summed E-state index contributed by atoms with van der Waals surface area (Å²) in [7, 11) is 0. The maximum absolute atomic E-state index is 4.98. The van der Waals surface area contributed by atoms with Crippen LogP contribution in [0, 0.1) is 0 Å². The zero-order chi connectivity index (χ0) is 8.81. The molecule has 0 aromatic heterocycles. The van der Waals surface area contributed by atoms with Gasteiger partial charge < -0.3 is 5.84 Å². The standard InChI is InChI=1S/C9H13N3/c1-2-5-8-6-3-4-7-9(8)11-12-10/h3-4,6-7H,2,5H2,1H3,(H2,10,11). The molecule has 64 valence electrons. The van der Waals surface area contributed by atoms with Crippen molar-refractivity contribution in [2.24, 2.45) is 16.2 Å². The van der Waals surface area contributed by atoms with Crippen LogP contribution in [0.1, 0.15) is 18.9 Å². The van der Waals surface area contributed by atoms with Crippen molar-refractivity contribution in [1.29, 1.82) is 0 Å². The van der Waals surface area contributed by atoms with E-state index in [9.17, 15) is 0 Å². The predicted molar refractivity (Wildman–Crippen MR) is 49.1 cm³/mol. The maximum Gasteiger partial charge on any atom is 0.0905 e. The second-order valence-corrected chi connectivity index (χ2v) is 2.59. The van der Waals surface area contributed by atoms with E-state index < -0.39 is 0 Å². The highest BCUT2D eigenvalue weighted by atomic mass is 15.3. The Morgan fingerprint density at radius 2 is 2.08 bits per heavy atom. The molecule has 0 aliphatic carbocycles. The van der Waals surface area contributed by atoms with E-state index in [1.54, 1.807) is 0 Å². The van der Waals surface area contributed by atoms with Crippen LogP contribution in [-0.4, -0.2) is 0 Å². The second-order valence-electron chi connectivity index (χ2n) is 2.59. The predicted octanol–water partition coefficient (Wildman–Crippen LogP) is 2.60. The van der Waals surface area contributed by atoms with Crippen molar-refractivity contribution in [3.8, 4) is 0 Å². The van der Waals surface area contributed by atoms with Crippen LogP contribution in [-0.2, 0) is 6.42 Å². The lowest BCUT2D eigenvalue weighted by atomic mass is 10.1. The smallest absolute Gasteiger partial charge is 0.0905 e. The summed E-state index contributed by atoms with van der Waals surface area (Å²) in [6.45, 7) is 2.14. The molecule has 1 aromatic rings. The topological polar surface area (TPSA) is 50.7 Å². The Labute approximate surface area is 72.3 Å². The van der Waals surface area contributed by atoms with Crippen molar-refractivity contribution < 1.29 is 0 Å². The number of aryl methyl sites for hydroxylation is 1. The van der Waals surface area contributed by atoms with Crippen LogP contribution in [0.15, 0.2) is 34.6 Å². The van der Waals surface area contributed by atoms with Crippen molar-refractivity contribution in [2.75, 3.05) is 0 Å². The number of hydrogen-bond acceptors (Lipinski definition) is 2. The Morgan fingerprint density at radius 3 is 2.75 bits per heavy atom. The molecule has 0 aliphatic rings. The van der Waals surface area contributed by atoms with Crippen LogP contribution in [0.5, 0.6) is 0 Å². The van der Waals surface area contributed by atoms with Crippen molar-refractivity contribution in [3.05, 3.63) is 29.8 Å². The van der Waals surface area contributed by atoms with E-state index in [4.69, 9.17) is 5.84 Å². The average Bonchev–Trinajstić information content (AvgIpc) is 2.09. The normalized spacial score (nSPS) is 10.8. The van der Waals surface area contributed by atoms with Gasteiger partial charge in [-0.1, -0.05) is 36.8 Å². The third-order valence-corrected chi connectivity index (χ3v) is 1.68. The van der Waals surface area contributed by atoms with E-state index in [1.165, 1.54) is 5.56 Å². The Hall–Kier alpha value is -1.38. The summed E-state index contributed by atoms with van der Waals surface area (Å²) in [6, 6.07) is 7.90. The molecule has 0 spiro atoms. The molecule has 2 N–H and O–H groups in total. The maximum atomic E-state index is 4.98. The van der Waals surface area contributed by atoms with E-state index in [2.05, 4.69) is 17.3 Å². The number of nitrogens with two attached hydrogens (primary N) is 1. The fraction of sp³-hybridized carbons (Fsp3) is 0.333. The summed E-state index contributed by atoms with van der Waals surface area (Å²) in [5.41, 5.74) is 2.08. The SMILES string of the molecule is CCCc1ccccc1/N=N\N. The van der Waals surface area contributed by atoms with Crippen LogP contribution >= 0.6 is 0 Å². The quantitative estimate of drug-likeness (QED) is 0.415. The lowest BCUT2D eigenvalue weighted by Gasteiger charge is -2.00. The van der Waals surface area contributed by atoms with Gasteiger partial charge in [-0.05, 0) is 18.1 Å². The molecule has 0 saturated heterocycles. The monoisotopic (exact) mass is 163 g/mol. The molecular formula is C9H13N3. The molecule has 0 saturated carbocycles. The summed E-state index contributed by atoms with van der Waals surface area (Å²) in [5, 5.41) is 7.10. The molecule has 12 heavy (non-hydrogen) atoms. The molecule has 3 nitrogen and oxygen atoms in total. The van der Waals surface area contributed by atoms with E-state index in [1.807, 2.05) is 24.3 Å². The fourth-order valence-electron chi connectivity index (χ4n) is 1.15. The van der Waals surface area contributed by atoms with Gasteiger partial charge in [-0.15, -0.1) is 5.11 Å². The van der Waals surface area contributed by atoms with Gasteiger partial charge in [-0.25, -0.2) is 0 Å². The number of rotatable bonds is 3. The summed E-state index contributed by atoms with van der Waals surface area (Å²) in [5.74, 6) is 4.98. The average molecular weight is 163 g/mol. The summed E-state index contributed by atoms with van der Waals surface area (Å²) in [6.07, 6.45) is 2.13. The van der Waals surface area contributed by atoms with Gasteiger partial charge in [0.15, 0.2) is 0 Å². The molecular weight excluding hydrogens is 150 g/mol. The minimum Gasteiger partial charge on any atom is -0.305 e. The summed E-state index contributed by atoms with van der Waals surface area (Å²) >= 11 is 0. The first-order chi connectivity index (χ1) is 5.88. The van der Waals surface area contributed by atoms with Crippen LogP contribution in [0.2, 0.25) is 0 Å². The number of benzene rings is 1. The van der Waals surface area contributed by atoms with Gasteiger partial charge >= 0.3 is 0 Å². The lowest BCUT2D eigenvalue weighted by Crippen LogP contribution is -1.83. The van der Waals surface area contributed by atoms with Crippen molar-refractivity contribution in [1.82, 2.24) is 0 Å². The van der Waals surface area contributed by atoms with E-state index in [0.29, 0.717) is 0 Å². The lowest BCUT2D eigenvalue weighted by molar-refractivity contribution is 0.914. The van der Waals surface area contributed by atoms with Crippen LogP contribution in [0.25, 0.3) is 0 Å². The highest BCUT2D eigenvalue weighted by Gasteiger charge is 1.97. The third-order valence-electron chi connectivity index (χ3n) is 1.68. The minimum atomic E-state index is 0.877. The van der Waals surface area contributed by atoms with Gasteiger partial charge in [0.25, 0.3) is 0 Å². The number of hydrogen-bond donors (Lipinski definition) is 1. The third kappa shape index (κ3) is 2.05. The van der Waals surface area contributed by atoms with Crippen molar-refractivity contribution in [3.63, 3.8) is 0 Å². The second kappa shape index (κ2) is 4.49. The Balaban J connectivity index is 2.91. The molecule has 0 unspecified atom stereocenters. The number of nitrogens with zero attached hydrogens (tertiary/aromatic N) is 2.